The highest BCUT2D eigenvalue weighted by atomic mass is 19.1. The van der Waals surface area contributed by atoms with Crippen LogP contribution in [0.15, 0.2) is 24.3 Å². The molecule has 1 aliphatic heterocycles. The fourth-order valence-corrected chi connectivity index (χ4v) is 2.25. The highest BCUT2D eigenvalue weighted by molar-refractivity contribution is 5.78. The maximum Gasteiger partial charge on any atom is 0.223 e. The Balaban J connectivity index is 2.18. The van der Waals surface area contributed by atoms with E-state index in [1.165, 1.54) is 12.1 Å². The van der Waals surface area contributed by atoms with Crippen LogP contribution in [0.3, 0.4) is 0 Å². The molecule has 1 amide bonds. The minimum atomic E-state index is -0.273. The zero-order chi connectivity index (χ0) is 13.8. The number of carbonyl (C=O) groups is 1. The van der Waals surface area contributed by atoms with Gasteiger partial charge in [-0.15, -0.1) is 0 Å². The first kappa shape index (κ1) is 14.0. The maximum atomic E-state index is 13.0. The van der Waals surface area contributed by atoms with E-state index in [4.69, 9.17) is 4.74 Å². The van der Waals surface area contributed by atoms with Crippen molar-refractivity contribution >= 4 is 5.91 Å². The summed E-state index contributed by atoms with van der Waals surface area (Å²) >= 11 is 0. The minimum Gasteiger partial charge on any atom is -0.376 e. The van der Waals surface area contributed by atoms with Gasteiger partial charge in [-0.25, -0.2) is 4.39 Å². The number of carbonyl (C=O) groups excluding carboxylic acids is 1. The Morgan fingerprint density at radius 3 is 2.58 bits per heavy atom. The van der Waals surface area contributed by atoms with E-state index in [0.29, 0.717) is 0 Å². The molecule has 1 aromatic carbocycles. The van der Waals surface area contributed by atoms with E-state index in [2.05, 4.69) is 5.32 Å². The van der Waals surface area contributed by atoms with Crippen LogP contribution in [-0.2, 0) is 9.53 Å². The van der Waals surface area contributed by atoms with Crippen LogP contribution in [0.4, 0.5) is 4.39 Å². The lowest BCUT2D eigenvalue weighted by Crippen LogP contribution is -2.38. The average molecular weight is 265 g/mol. The van der Waals surface area contributed by atoms with E-state index in [1.807, 2.05) is 13.8 Å². The van der Waals surface area contributed by atoms with Crippen LogP contribution in [0.25, 0.3) is 0 Å². The van der Waals surface area contributed by atoms with Crippen molar-refractivity contribution in [3.63, 3.8) is 0 Å². The normalized spacial score (nSPS) is 20.5. The second kappa shape index (κ2) is 6.15. The van der Waals surface area contributed by atoms with Gasteiger partial charge in [-0.1, -0.05) is 26.0 Å². The average Bonchev–Trinajstić information content (AvgIpc) is 2.90. The van der Waals surface area contributed by atoms with Gasteiger partial charge in [0, 0.05) is 12.5 Å². The number of hydrogen-bond acceptors (Lipinski definition) is 2. The molecule has 1 aromatic rings. The van der Waals surface area contributed by atoms with E-state index in [9.17, 15) is 9.18 Å². The molecule has 2 atom stereocenters. The van der Waals surface area contributed by atoms with Gasteiger partial charge in [0.05, 0.1) is 12.1 Å². The maximum absolute atomic E-state index is 13.0. The number of rotatable bonds is 4. The zero-order valence-electron chi connectivity index (χ0n) is 11.4. The first-order valence-corrected chi connectivity index (χ1v) is 6.75. The van der Waals surface area contributed by atoms with Gasteiger partial charge in [-0.05, 0) is 30.5 Å². The van der Waals surface area contributed by atoms with Gasteiger partial charge >= 0.3 is 0 Å². The van der Waals surface area contributed by atoms with Crippen LogP contribution in [0, 0.1) is 11.7 Å². The first-order valence-electron chi connectivity index (χ1n) is 6.75. The Morgan fingerprint density at radius 2 is 2.05 bits per heavy atom. The predicted octanol–water partition coefficient (Wildman–Crippen LogP) is 2.82. The lowest BCUT2D eigenvalue weighted by molar-refractivity contribution is -0.125. The molecule has 104 valence electrons. The van der Waals surface area contributed by atoms with Gasteiger partial charge in [0.25, 0.3) is 0 Å². The van der Waals surface area contributed by atoms with Gasteiger partial charge in [-0.2, -0.15) is 0 Å². The van der Waals surface area contributed by atoms with E-state index in [1.54, 1.807) is 12.1 Å². The Bertz CT molecular complexity index is 424. The molecule has 1 fully saturated rings. The van der Waals surface area contributed by atoms with Crippen molar-refractivity contribution in [3.05, 3.63) is 35.6 Å². The van der Waals surface area contributed by atoms with Crippen molar-refractivity contribution in [2.75, 3.05) is 6.61 Å². The van der Waals surface area contributed by atoms with Gasteiger partial charge in [0.1, 0.15) is 5.82 Å². The summed E-state index contributed by atoms with van der Waals surface area (Å²) in [5, 5.41) is 3.01. The van der Waals surface area contributed by atoms with E-state index in [0.717, 1.165) is 25.0 Å². The number of ether oxygens (including phenoxy) is 1. The van der Waals surface area contributed by atoms with Crippen molar-refractivity contribution < 1.29 is 13.9 Å². The number of halogens is 1. The van der Waals surface area contributed by atoms with Crippen LogP contribution < -0.4 is 5.32 Å². The molecule has 0 bridgehead atoms. The topological polar surface area (TPSA) is 38.3 Å². The highest BCUT2D eigenvalue weighted by Crippen LogP contribution is 2.27. The molecule has 1 saturated heterocycles. The van der Waals surface area contributed by atoms with Crippen LogP contribution >= 0.6 is 0 Å². The molecule has 19 heavy (non-hydrogen) atoms. The zero-order valence-corrected chi connectivity index (χ0v) is 11.4. The minimum absolute atomic E-state index is 0.00942. The first-order chi connectivity index (χ1) is 9.08. The number of hydrogen-bond donors (Lipinski definition) is 1. The molecule has 2 rings (SSSR count). The van der Waals surface area contributed by atoms with Crippen molar-refractivity contribution in [1.82, 2.24) is 5.32 Å². The summed E-state index contributed by atoms with van der Waals surface area (Å²) in [5.41, 5.74) is 0.891. The molecule has 1 aliphatic rings. The third kappa shape index (κ3) is 3.53. The third-order valence-electron chi connectivity index (χ3n) is 3.39. The molecule has 1 N–H and O–H groups in total. The number of amides is 1. The number of nitrogens with one attached hydrogen (secondary N) is 1. The Morgan fingerprint density at radius 1 is 1.37 bits per heavy atom. The molecular weight excluding hydrogens is 245 g/mol. The standard InChI is InChI=1S/C15H20FNO2/c1-10(2)15(18)17-14(13-4-3-9-19-13)11-5-7-12(16)8-6-11/h5-8,10,13-14H,3-4,9H2,1-2H3,(H,17,18)/t13-,14+/m1/s1. The Kier molecular flexibility index (Phi) is 4.53. The number of benzene rings is 1. The van der Waals surface area contributed by atoms with Crippen molar-refractivity contribution in [3.8, 4) is 0 Å². The fourth-order valence-electron chi connectivity index (χ4n) is 2.25. The lowest BCUT2D eigenvalue weighted by Gasteiger charge is -2.25. The molecule has 0 aromatic heterocycles. The Labute approximate surface area is 113 Å². The fraction of sp³-hybridized carbons (Fsp3) is 0.533. The van der Waals surface area contributed by atoms with Crippen molar-refractivity contribution in [2.24, 2.45) is 5.92 Å². The monoisotopic (exact) mass is 265 g/mol. The summed E-state index contributed by atoms with van der Waals surface area (Å²) in [6, 6.07) is 6.06. The SMILES string of the molecule is CC(C)C(=O)N[C@@H](c1ccc(F)cc1)[C@H]1CCCO1. The van der Waals surface area contributed by atoms with E-state index >= 15 is 0 Å². The summed E-state index contributed by atoms with van der Waals surface area (Å²) in [5.74, 6) is -0.362. The van der Waals surface area contributed by atoms with Crippen molar-refractivity contribution in [1.29, 1.82) is 0 Å². The highest BCUT2D eigenvalue weighted by Gasteiger charge is 2.29. The van der Waals surface area contributed by atoms with Crippen LogP contribution in [0.1, 0.15) is 38.3 Å². The molecule has 0 saturated carbocycles. The summed E-state index contributed by atoms with van der Waals surface area (Å²) in [6.07, 6.45) is 1.90. The lowest BCUT2D eigenvalue weighted by atomic mass is 9.98. The Hall–Kier alpha value is -1.42. The van der Waals surface area contributed by atoms with E-state index in [-0.39, 0.29) is 29.8 Å². The summed E-state index contributed by atoms with van der Waals surface area (Å²) < 4.78 is 18.7. The third-order valence-corrected chi connectivity index (χ3v) is 3.39. The smallest absolute Gasteiger partial charge is 0.223 e. The molecule has 0 spiro atoms. The van der Waals surface area contributed by atoms with Gasteiger partial charge < -0.3 is 10.1 Å². The van der Waals surface area contributed by atoms with Crippen LogP contribution in [0.5, 0.6) is 0 Å². The quantitative estimate of drug-likeness (QED) is 0.909. The second-order valence-electron chi connectivity index (χ2n) is 5.24. The van der Waals surface area contributed by atoms with Crippen LogP contribution in [0.2, 0.25) is 0 Å². The molecule has 0 radical (unpaired) electrons. The molecular formula is C15H20FNO2. The summed E-state index contributed by atoms with van der Waals surface area (Å²) in [4.78, 5) is 11.9. The largest absolute Gasteiger partial charge is 0.376 e. The summed E-state index contributed by atoms with van der Waals surface area (Å²) in [6.45, 7) is 4.43. The second-order valence-corrected chi connectivity index (χ2v) is 5.24. The van der Waals surface area contributed by atoms with Crippen LogP contribution in [-0.4, -0.2) is 18.6 Å². The van der Waals surface area contributed by atoms with Gasteiger partial charge in [0.2, 0.25) is 5.91 Å². The molecule has 1 heterocycles. The molecule has 4 heteroatoms. The van der Waals surface area contributed by atoms with Crippen molar-refractivity contribution in [2.45, 2.75) is 38.8 Å². The summed E-state index contributed by atoms with van der Waals surface area (Å²) in [7, 11) is 0. The molecule has 0 aliphatic carbocycles. The van der Waals surface area contributed by atoms with Gasteiger partial charge in [-0.3, -0.25) is 4.79 Å². The van der Waals surface area contributed by atoms with E-state index < -0.39 is 0 Å². The predicted molar refractivity (Wildman–Crippen MR) is 71.1 cm³/mol. The van der Waals surface area contributed by atoms with Gasteiger partial charge in [0.15, 0.2) is 0 Å². The molecule has 3 nitrogen and oxygen atoms in total. The molecule has 0 unspecified atom stereocenters.